The van der Waals surface area contributed by atoms with Gasteiger partial charge in [0.05, 0.1) is 16.5 Å². The number of halogens is 3. The first-order chi connectivity index (χ1) is 11.9. The third-order valence-corrected chi connectivity index (χ3v) is 4.01. The monoisotopic (exact) mass is 395 g/mol. The highest BCUT2D eigenvalue weighted by atomic mass is 32.2. The van der Waals surface area contributed by atoms with Crippen molar-refractivity contribution in [3.05, 3.63) is 34.4 Å². The highest BCUT2D eigenvalue weighted by Crippen LogP contribution is 2.41. The zero-order chi connectivity index (χ0) is 19.7. The molecule has 0 saturated carbocycles. The number of hydrogen-bond acceptors (Lipinski definition) is 8. The van der Waals surface area contributed by atoms with Gasteiger partial charge in [-0.1, -0.05) is 18.2 Å². The van der Waals surface area contributed by atoms with Crippen LogP contribution in [-0.2, 0) is 10.1 Å². The molecule has 2 aromatic rings. The van der Waals surface area contributed by atoms with E-state index in [4.69, 9.17) is 0 Å². The lowest BCUT2D eigenvalue weighted by Gasteiger charge is -2.14. The topological polar surface area (TPSA) is 132 Å². The van der Waals surface area contributed by atoms with Gasteiger partial charge in [-0.05, 0) is 13.0 Å². The number of para-hydroxylation sites is 1. The minimum atomic E-state index is -6.17. The van der Waals surface area contributed by atoms with Crippen LogP contribution in [0.2, 0.25) is 0 Å². The molecule has 1 aromatic heterocycles. The van der Waals surface area contributed by atoms with Crippen molar-refractivity contribution in [1.29, 1.82) is 0 Å². The van der Waals surface area contributed by atoms with Gasteiger partial charge in [0, 0.05) is 11.9 Å². The van der Waals surface area contributed by atoms with Gasteiger partial charge in [0.1, 0.15) is 5.69 Å². The summed E-state index contributed by atoms with van der Waals surface area (Å²) in [5, 5.41) is 23.4. The Morgan fingerprint density at radius 2 is 2.00 bits per heavy atom. The summed E-state index contributed by atoms with van der Waals surface area (Å²) in [7, 11) is -6.17. The average Bonchev–Trinajstić information content (AvgIpc) is 2.50. The predicted molar refractivity (Wildman–Crippen MR) is 84.2 cm³/mol. The molecule has 0 saturated heterocycles. The summed E-state index contributed by atoms with van der Waals surface area (Å²) in [6.07, 6.45) is -0.954. The molecule has 0 aliphatic rings. The molecule has 9 nitrogen and oxygen atoms in total. The number of nitrogens with zero attached hydrogens (tertiary/aromatic N) is 2. The van der Waals surface area contributed by atoms with Crippen LogP contribution in [0.15, 0.2) is 24.3 Å². The van der Waals surface area contributed by atoms with E-state index in [-0.39, 0.29) is 23.1 Å². The molecule has 142 valence electrons. The fraction of sp³-hybridized carbons (Fsp3) is 0.308. The maximum atomic E-state index is 12.6. The molecule has 0 aliphatic heterocycles. The molecular weight excluding hydrogens is 383 g/mol. The lowest BCUT2D eigenvalue weighted by atomic mass is 10.1. The Bertz CT molecular complexity index is 946. The van der Waals surface area contributed by atoms with Crippen LogP contribution in [0.25, 0.3) is 10.9 Å². The molecule has 13 heteroatoms. The van der Waals surface area contributed by atoms with Crippen LogP contribution in [-0.4, -0.2) is 41.6 Å². The number of nitro groups is 1. The van der Waals surface area contributed by atoms with E-state index in [0.29, 0.717) is 0 Å². The van der Waals surface area contributed by atoms with Crippen LogP contribution in [0.3, 0.4) is 0 Å². The van der Waals surface area contributed by atoms with Gasteiger partial charge in [-0.2, -0.15) is 21.6 Å². The van der Waals surface area contributed by atoms with Crippen molar-refractivity contribution >= 4 is 32.4 Å². The van der Waals surface area contributed by atoms with Crippen molar-refractivity contribution in [3.8, 4) is 5.88 Å². The molecule has 1 heterocycles. The molecule has 1 atom stereocenters. The Morgan fingerprint density at radius 3 is 2.54 bits per heavy atom. The Kier molecular flexibility index (Phi) is 5.23. The van der Waals surface area contributed by atoms with Crippen LogP contribution < -0.4 is 9.50 Å². The number of fused-ring (bicyclic) bond motifs is 1. The zero-order valence-electron chi connectivity index (χ0n) is 13.0. The van der Waals surface area contributed by atoms with E-state index < -0.39 is 38.2 Å². The fourth-order valence-corrected chi connectivity index (χ4v) is 2.41. The van der Waals surface area contributed by atoms with Crippen molar-refractivity contribution in [2.24, 2.45) is 0 Å². The summed E-state index contributed by atoms with van der Waals surface area (Å²) in [5.41, 5.74) is -7.26. The summed E-state index contributed by atoms with van der Waals surface area (Å²) < 4.78 is 64.1. The number of hydrogen-bond donors (Lipinski definition) is 2. The predicted octanol–water partition coefficient (Wildman–Crippen LogP) is 2.16. The SMILES string of the molecule is CC(O)CNc1c([N+](=O)[O-])c(OS(=O)(=O)C(F)(F)F)nc2ccccc12. The third kappa shape index (κ3) is 3.94. The van der Waals surface area contributed by atoms with Gasteiger partial charge in [-0.25, -0.2) is 4.98 Å². The second-order valence-corrected chi connectivity index (χ2v) is 6.67. The van der Waals surface area contributed by atoms with Gasteiger partial charge in [-0.15, -0.1) is 0 Å². The quantitative estimate of drug-likeness (QED) is 0.329. The Hall–Kier alpha value is -2.67. The van der Waals surface area contributed by atoms with E-state index >= 15 is 0 Å². The smallest absolute Gasteiger partial charge is 0.392 e. The second-order valence-electron chi connectivity index (χ2n) is 5.13. The Morgan fingerprint density at radius 1 is 1.38 bits per heavy atom. The van der Waals surface area contributed by atoms with Gasteiger partial charge in [-0.3, -0.25) is 10.1 Å². The molecule has 0 radical (unpaired) electrons. The number of rotatable bonds is 6. The van der Waals surface area contributed by atoms with Gasteiger partial charge in [0.2, 0.25) is 0 Å². The number of anilines is 1. The summed E-state index contributed by atoms with van der Waals surface area (Å²) in [4.78, 5) is 13.8. The molecule has 0 spiro atoms. The maximum absolute atomic E-state index is 12.6. The van der Waals surface area contributed by atoms with Crippen LogP contribution in [0, 0.1) is 10.1 Å². The number of benzene rings is 1. The number of alkyl halides is 3. The van der Waals surface area contributed by atoms with Gasteiger partial charge in [0.25, 0.3) is 0 Å². The van der Waals surface area contributed by atoms with Gasteiger partial charge < -0.3 is 14.6 Å². The number of aliphatic hydroxyl groups excluding tert-OH is 1. The lowest BCUT2D eigenvalue weighted by Crippen LogP contribution is -2.28. The molecule has 0 bridgehead atoms. The van der Waals surface area contributed by atoms with Crippen LogP contribution in [0.4, 0.5) is 24.5 Å². The molecular formula is C13H12F3N3O6S. The number of nitrogens with one attached hydrogen (secondary N) is 1. The third-order valence-electron chi connectivity index (χ3n) is 3.06. The van der Waals surface area contributed by atoms with Crippen LogP contribution >= 0.6 is 0 Å². The van der Waals surface area contributed by atoms with E-state index in [1.807, 2.05) is 0 Å². The van der Waals surface area contributed by atoms with Crippen molar-refractivity contribution in [1.82, 2.24) is 4.98 Å². The average molecular weight is 395 g/mol. The Balaban J connectivity index is 2.73. The molecule has 2 N–H and O–H groups in total. The summed E-state index contributed by atoms with van der Waals surface area (Å²) in [6, 6.07) is 5.64. The minimum absolute atomic E-state index is 0.0430. The lowest BCUT2D eigenvalue weighted by molar-refractivity contribution is -0.384. The standard InChI is InChI=1S/C13H12F3N3O6S/c1-7(20)6-17-10-8-4-2-3-5-9(8)18-12(11(10)19(21)22)25-26(23,24)13(14,15)16/h2-5,7,20H,6H2,1H3,(H,17,18). The number of aromatic nitrogens is 1. The maximum Gasteiger partial charge on any atom is 0.534 e. The zero-order valence-corrected chi connectivity index (χ0v) is 13.8. The fourth-order valence-electron chi connectivity index (χ4n) is 1.99. The first-order valence-electron chi connectivity index (χ1n) is 6.94. The minimum Gasteiger partial charge on any atom is -0.392 e. The molecule has 1 unspecified atom stereocenters. The molecule has 26 heavy (non-hydrogen) atoms. The highest BCUT2D eigenvalue weighted by molar-refractivity contribution is 7.88. The van der Waals surface area contributed by atoms with E-state index in [9.17, 15) is 36.8 Å². The normalized spacial score (nSPS) is 13.4. The van der Waals surface area contributed by atoms with Crippen molar-refractivity contribution in [2.75, 3.05) is 11.9 Å². The molecule has 2 rings (SSSR count). The first kappa shape index (κ1) is 19.7. The first-order valence-corrected chi connectivity index (χ1v) is 8.34. The van der Waals surface area contributed by atoms with E-state index in [2.05, 4.69) is 14.5 Å². The Labute approximate surface area is 144 Å². The second kappa shape index (κ2) is 6.92. The van der Waals surface area contributed by atoms with Gasteiger partial charge >= 0.3 is 27.2 Å². The molecule has 0 aliphatic carbocycles. The summed E-state index contributed by atoms with van der Waals surface area (Å²) >= 11 is 0. The summed E-state index contributed by atoms with van der Waals surface area (Å²) in [5.74, 6) is -1.33. The largest absolute Gasteiger partial charge is 0.534 e. The van der Waals surface area contributed by atoms with Crippen molar-refractivity contribution in [2.45, 2.75) is 18.5 Å². The number of aliphatic hydroxyl groups is 1. The number of pyridine rings is 1. The molecule has 1 aromatic carbocycles. The van der Waals surface area contributed by atoms with E-state index in [1.165, 1.54) is 31.2 Å². The molecule has 0 fully saturated rings. The molecule has 0 amide bonds. The van der Waals surface area contributed by atoms with Crippen molar-refractivity contribution < 1.29 is 35.8 Å². The summed E-state index contributed by atoms with van der Waals surface area (Å²) in [6.45, 7) is 1.17. The van der Waals surface area contributed by atoms with Gasteiger partial charge in [0.15, 0.2) is 0 Å². The van der Waals surface area contributed by atoms with Crippen LogP contribution in [0.5, 0.6) is 5.88 Å². The highest BCUT2D eigenvalue weighted by Gasteiger charge is 2.50. The van der Waals surface area contributed by atoms with E-state index in [0.717, 1.165) is 0 Å². The van der Waals surface area contributed by atoms with E-state index in [1.54, 1.807) is 0 Å². The van der Waals surface area contributed by atoms with Crippen LogP contribution in [0.1, 0.15) is 6.92 Å². The van der Waals surface area contributed by atoms with Crippen molar-refractivity contribution in [3.63, 3.8) is 0 Å².